The third kappa shape index (κ3) is 2.95. The van der Waals surface area contributed by atoms with Gasteiger partial charge in [0, 0.05) is 0 Å². The molecule has 0 aliphatic heterocycles. The van der Waals surface area contributed by atoms with E-state index in [1.807, 2.05) is 24.3 Å². The number of benzene rings is 2. The van der Waals surface area contributed by atoms with Crippen LogP contribution in [0.15, 0.2) is 47.6 Å². The van der Waals surface area contributed by atoms with E-state index in [2.05, 4.69) is 15.5 Å². The molecule has 6 heteroatoms. The van der Waals surface area contributed by atoms with Crippen molar-refractivity contribution in [2.45, 2.75) is 0 Å². The quantitative estimate of drug-likeness (QED) is 0.572. The van der Waals surface area contributed by atoms with E-state index in [1.165, 1.54) is 7.11 Å². The number of phenols is 1. The van der Waals surface area contributed by atoms with Gasteiger partial charge in [-0.25, -0.2) is 4.98 Å². The molecule has 5 nitrogen and oxygen atoms in total. The maximum Gasteiger partial charge on any atom is 0.204 e. The third-order valence-electron chi connectivity index (χ3n) is 2.87. The molecule has 0 bridgehead atoms. The van der Waals surface area contributed by atoms with Crippen molar-refractivity contribution in [3.63, 3.8) is 0 Å². The summed E-state index contributed by atoms with van der Waals surface area (Å²) in [7, 11) is 1.51. The fourth-order valence-electron chi connectivity index (χ4n) is 1.86. The highest BCUT2D eigenvalue weighted by Crippen LogP contribution is 2.26. The smallest absolute Gasteiger partial charge is 0.204 e. The Kier molecular flexibility index (Phi) is 3.70. The van der Waals surface area contributed by atoms with E-state index in [9.17, 15) is 5.11 Å². The zero-order chi connectivity index (χ0) is 14.7. The molecule has 0 fully saturated rings. The van der Waals surface area contributed by atoms with Crippen molar-refractivity contribution in [1.29, 1.82) is 0 Å². The minimum Gasteiger partial charge on any atom is -0.504 e. The number of aromatic hydroxyl groups is 1. The summed E-state index contributed by atoms with van der Waals surface area (Å²) in [4.78, 5) is 4.42. The molecule has 0 unspecified atom stereocenters. The number of nitrogens with zero attached hydrogens (tertiary/aromatic N) is 2. The molecule has 3 rings (SSSR count). The van der Waals surface area contributed by atoms with Crippen LogP contribution < -0.4 is 10.2 Å². The lowest BCUT2D eigenvalue weighted by atomic mass is 10.2. The van der Waals surface area contributed by atoms with E-state index in [0.29, 0.717) is 5.75 Å². The topological polar surface area (TPSA) is 66.7 Å². The first-order valence-corrected chi connectivity index (χ1v) is 7.09. The zero-order valence-electron chi connectivity index (χ0n) is 11.3. The van der Waals surface area contributed by atoms with Gasteiger partial charge in [-0.15, -0.1) is 0 Å². The maximum atomic E-state index is 9.53. The van der Waals surface area contributed by atoms with E-state index >= 15 is 0 Å². The van der Waals surface area contributed by atoms with Crippen LogP contribution in [0.1, 0.15) is 5.56 Å². The Hall–Kier alpha value is -2.60. The number of hydrogen-bond donors (Lipinski definition) is 2. The van der Waals surface area contributed by atoms with Crippen molar-refractivity contribution in [3.05, 3.63) is 48.0 Å². The van der Waals surface area contributed by atoms with Crippen LogP contribution in [0.5, 0.6) is 11.5 Å². The minimum atomic E-state index is 0.105. The zero-order valence-corrected chi connectivity index (χ0v) is 12.1. The number of rotatable bonds is 4. The minimum absolute atomic E-state index is 0.105. The van der Waals surface area contributed by atoms with Crippen LogP contribution in [-0.2, 0) is 0 Å². The Balaban J connectivity index is 1.74. The van der Waals surface area contributed by atoms with Crippen molar-refractivity contribution in [2.24, 2.45) is 5.10 Å². The van der Waals surface area contributed by atoms with Crippen LogP contribution in [-0.4, -0.2) is 23.4 Å². The molecule has 0 atom stereocenters. The predicted molar refractivity (Wildman–Crippen MR) is 85.5 cm³/mol. The van der Waals surface area contributed by atoms with E-state index in [-0.39, 0.29) is 5.75 Å². The lowest BCUT2D eigenvalue weighted by molar-refractivity contribution is 0.373. The van der Waals surface area contributed by atoms with Gasteiger partial charge in [0.05, 0.1) is 23.5 Å². The van der Waals surface area contributed by atoms with Crippen LogP contribution in [0.2, 0.25) is 0 Å². The average Bonchev–Trinajstić information content (AvgIpc) is 2.91. The average molecular weight is 299 g/mol. The van der Waals surface area contributed by atoms with Gasteiger partial charge in [0.15, 0.2) is 11.5 Å². The second-order valence-electron chi connectivity index (χ2n) is 4.29. The molecule has 0 aliphatic carbocycles. The van der Waals surface area contributed by atoms with Gasteiger partial charge in [0.25, 0.3) is 0 Å². The fraction of sp³-hybridized carbons (Fsp3) is 0.0667. The van der Waals surface area contributed by atoms with Crippen LogP contribution in [0.3, 0.4) is 0 Å². The molecule has 106 valence electrons. The first-order chi connectivity index (χ1) is 10.3. The summed E-state index contributed by atoms with van der Waals surface area (Å²) >= 11 is 1.54. The number of phenolic OH excluding ortho intramolecular Hbond substituents is 1. The largest absolute Gasteiger partial charge is 0.504 e. The summed E-state index contributed by atoms with van der Waals surface area (Å²) in [6.45, 7) is 0. The van der Waals surface area contributed by atoms with Gasteiger partial charge in [-0.1, -0.05) is 23.5 Å². The second-order valence-corrected chi connectivity index (χ2v) is 5.32. The lowest BCUT2D eigenvalue weighted by Crippen LogP contribution is -1.91. The summed E-state index contributed by atoms with van der Waals surface area (Å²) < 4.78 is 6.16. The van der Waals surface area contributed by atoms with Gasteiger partial charge in [0.2, 0.25) is 5.13 Å². The second kappa shape index (κ2) is 5.80. The Labute approximate surface area is 125 Å². The van der Waals surface area contributed by atoms with Crippen LogP contribution in [0, 0.1) is 0 Å². The maximum absolute atomic E-state index is 9.53. The predicted octanol–water partition coefficient (Wildman–Crippen LogP) is 3.46. The van der Waals surface area contributed by atoms with Crippen molar-refractivity contribution in [2.75, 3.05) is 12.5 Å². The number of methoxy groups -OCH3 is 1. The lowest BCUT2D eigenvalue weighted by Gasteiger charge is -2.03. The number of anilines is 1. The number of fused-ring (bicyclic) bond motifs is 1. The highest BCUT2D eigenvalue weighted by Gasteiger charge is 2.02. The Bertz CT molecular complexity index is 765. The molecule has 0 radical (unpaired) electrons. The molecule has 21 heavy (non-hydrogen) atoms. The van der Waals surface area contributed by atoms with Crippen LogP contribution >= 0.6 is 11.3 Å². The summed E-state index contributed by atoms with van der Waals surface area (Å²) in [5.74, 6) is 0.521. The summed E-state index contributed by atoms with van der Waals surface area (Å²) in [6.07, 6.45) is 1.65. The van der Waals surface area contributed by atoms with Crippen molar-refractivity contribution < 1.29 is 9.84 Å². The van der Waals surface area contributed by atoms with Crippen LogP contribution in [0.25, 0.3) is 10.2 Å². The highest BCUT2D eigenvalue weighted by molar-refractivity contribution is 7.22. The molecule has 1 heterocycles. The van der Waals surface area contributed by atoms with Crippen molar-refractivity contribution >= 4 is 32.9 Å². The molecule has 1 aromatic heterocycles. The van der Waals surface area contributed by atoms with Gasteiger partial charge in [-0.3, -0.25) is 5.43 Å². The normalized spacial score (nSPS) is 11.1. The molecule has 2 N–H and O–H groups in total. The molecular weight excluding hydrogens is 286 g/mol. The Morgan fingerprint density at radius 2 is 2.14 bits per heavy atom. The van der Waals surface area contributed by atoms with E-state index in [0.717, 1.165) is 20.9 Å². The van der Waals surface area contributed by atoms with Gasteiger partial charge >= 0.3 is 0 Å². The molecule has 0 spiro atoms. The number of ether oxygens (including phenoxy) is 1. The summed E-state index contributed by atoms with van der Waals surface area (Å²) in [5, 5.41) is 14.4. The first kappa shape index (κ1) is 13.4. The van der Waals surface area contributed by atoms with Crippen LogP contribution in [0.4, 0.5) is 5.13 Å². The molecule has 2 aromatic carbocycles. The van der Waals surface area contributed by atoms with Gasteiger partial charge in [-0.2, -0.15) is 5.10 Å². The number of thiazole rings is 1. The first-order valence-electron chi connectivity index (χ1n) is 6.28. The number of aromatic nitrogens is 1. The SMILES string of the molecule is COc1cc(C=NNc2nc3ccccc3s2)ccc1O. The third-order valence-corrected chi connectivity index (χ3v) is 3.81. The van der Waals surface area contributed by atoms with Gasteiger partial charge in [0.1, 0.15) is 0 Å². The number of hydrogen-bond acceptors (Lipinski definition) is 6. The molecule has 0 amide bonds. The molecular formula is C15H13N3O2S. The molecule has 0 saturated heterocycles. The van der Waals surface area contributed by atoms with Gasteiger partial charge < -0.3 is 9.84 Å². The van der Waals surface area contributed by atoms with Crippen molar-refractivity contribution in [3.8, 4) is 11.5 Å². The van der Waals surface area contributed by atoms with Crippen molar-refractivity contribution in [1.82, 2.24) is 4.98 Å². The molecule has 0 aliphatic rings. The fourth-order valence-corrected chi connectivity index (χ4v) is 2.67. The number of hydrazone groups is 1. The summed E-state index contributed by atoms with van der Waals surface area (Å²) in [5.41, 5.74) is 4.68. The number of para-hydroxylation sites is 1. The summed E-state index contributed by atoms with van der Waals surface area (Å²) in [6, 6.07) is 12.9. The van der Waals surface area contributed by atoms with Gasteiger partial charge in [-0.05, 0) is 35.9 Å². The Morgan fingerprint density at radius 3 is 2.95 bits per heavy atom. The highest BCUT2D eigenvalue weighted by atomic mass is 32.1. The number of nitrogens with one attached hydrogen (secondary N) is 1. The van der Waals surface area contributed by atoms with E-state index in [1.54, 1.807) is 35.8 Å². The van der Waals surface area contributed by atoms with E-state index in [4.69, 9.17) is 4.74 Å². The molecule has 3 aromatic rings. The molecule has 0 saturated carbocycles. The van der Waals surface area contributed by atoms with E-state index < -0.39 is 0 Å². The monoisotopic (exact) mass is 299 g/mol. The Morgan fingerprint density at radius 1 is 1.29 bits per heavy atom. The standard InChI is InChI=1S/C15H13N3O2S/c1-20-13-8-10(6-7-12(13)19)9-16-18-15-17-11-4-2-3-5-14(11)21-15/h2-9,19H,1H3,(H,17,18).